The number of rotatable bonds is 8. The quantitative estimate of drug-likeness (QED) is 0.137. The highest BCUT2D eigenvalue weighted by Crippen LogP contribution is 2.39. The summed E-state index contributed by atoms with van der Waals surface area (Å²) in [6.45, 7) is 0. The summed E-state index contributed by atoms with van der Waals surface area (Å²) in [7, 11) is 7.63. The summed E-state index contributed by atoms with van der Waals surface area (Å²) in [5, 5.41) is 11.7. The standard InChI is InChI=1S/C18H16ClNO4.C17H14ClNO4/c1-22-16-5-4-10(6-17(16)23-2)11-7-12-13(18(21)24-3)9-20-15(12)8-14(11)19;1-22-15-4-3-9(5-16(15)23-2)10-6-11-12(17(20)21)8-19-14(11)7-13(10)18/h4-9,20H,1-3H3;3-8,19H,1-2H3,(H,20,21). The van der Waals surface area contributed by atoms with Crippen LogP contribution in [0.4, 0.5) is 0 Å². The second kappa shape index (κ2) is 14.0. The number of aromatic carboxylic acids is 1. The van der Waals surface area contributed by atoms with Crippen LogP contribution < -0.4 is 18.9 Å². The smallest absolute Gasteiger partial charge is 0.340 e. The number of H-pyrrole nitrogens is 2. The Bertz CT molecular complexity index is 2120. The third-order valence-corrected chi connectivity index (χ3v) is 8.19. The molecule has 0 spiro atoms. The highest BCUT2D eigenvalue weighted by Gasteiger charge is 2.17. The summed E-state index contributed by atoms with van der Waals surface area (Å²) in [5.41, 5.74) is 5.30. The van der Waals surface area contributed by atoms with Gasteiger partial charge in [0.1, 0.15) is 0 Å². The van der Waals surface area contributed by atoms with Crippen LogP contribution in [-0.4, -0.2) is 62.6 Å². The molecule has 0 saturated heterocycles. The first-order valence-corrected chi connectivity index (χ1v) is 14.8. The van der Waals surface area contributed by atoms with Crippen molar-refractivity contribution in [3.8, 4) is 45.3 Å². The Balaban J connectivity index is 0.000000185. The van der Waals surface area contributed by atoms with Gasteiger partial charge in [0.15, 0.2) is 23.0 Å². The number of carbonyl (C=O) groups is 2. The first kappa shape index (κ1) is 33.1. The monoisotopic (exact) mass is 676 g/mol. The molecule has 3 N–H and O–H groups in total. The SMILES string of the molecule is COC(=O)c1c[nH]c2cc(Cl)c(-c3ccc(OC)c(OC)c3)cc12.COc1ccc(-c2cc3c(C(=O)O)c[nH]c3cc2Cl)cc1OC. The van der Waals surface area contributed by atoms with E-state index in [9.17, 15) is 14.7 Å². The zero-order valence-electron chi connectivity index (χ0n) is 26.0. The van der Waals surface area contributed by atoms with E-state index in [1.807, 2.05) is 30.3 Å². The molecule has 4 aromatic carbocycles. The Morgan fingerprint density at radius 3 is 1.43 bits per heavy atom. The molecule has 2 heterocycles. The van der Waals surface area contributed by atoms with Crippen molar-refractivity contribution in [2.45, 2.75) is 0 Å². The molecule has 0 unspecified atom stereocenters. The van der Waals surface area contributed by atoms with E-state index < -0.39 is 11.9 Å². The highest BCUT2D eigenvalue weighted by molar-refractivity contribution is 6.35. The predicted molar refractivity (Wildman–Crippen MR) is 182 cm³/mol. The van der Waals surface area contributed by atoms with Crippen LogP contribution in [-0.2, 0) is 4.74 Å². The maximum atomic E-state index is 11.9. The van der Waals surface area contributed by atoms with Crippen molar-refractivity contribution in [3.63, 3.8) is 0 Å². The number of hydrogen-bond donors (Lipinski definition) is 3. The van der Waals surface area contributed by atoms with Gasteiger partial charge in [0.05, 0.1) is 56.7 Å². The lowest BCUT2D eigenvalue weighted by molar-refractivity contribution is 0.0602. The fourth-order valence-corrected chi connectivity index (χ4v) is 5.74. The zero-order valence-corrected chi connectivity index (χ0v) is 27.5. The molecule has 0 bridgehead atoms. The number of carbonyl (C=O) groups excluding carboxylic acids is 1. The summed E-state index contributed by atoms with van der Waals surface area (Å²) < 4.78 is 25.9. The largest absolute Gasteiger partial charge is 0.493 e. The maximum Gasteiger partial charge on any atom is 0.340 e. The first-order valence-electron chi connectivity index (χ1n) is 14.0. The Morgan fingerprint density at radius 1 is 0.596 bits per heavy atom. The van der Waals surface area contributed by atoms with E-state index in [1.165, 1.54) is 13.3 Å². The minimum Gasteiger partial charge on any atom is -0.493 e. The average Bonchev–Trinajstić information content (AvgIpc) is 3.70. The molecule has 12 heteroatoms. The van der Waals surface area contributed by atoms with Gasteiger partial charge in [-0.25, -0.2) is 9.59 Å². The number of nitrogens with one attached hydrogen (secondary N) is 2. The number of methoxy groups -OCH3 is 5. The molecular formula is C35H30Cl2N2O8. The summed E-state index contributed by atoms with van der Waals surface area (Å²) in [4.78, 5) is 29.2. The van der Waals surface area contributed by atoms with E-state index in [1.54, 1.807) is 65.0 Å². The lowest BCUT2D eigenvalue weighted by atomic mass is 10.0. The van der Waals surface area contributed by atoms with Crippen LogP contribution in [0.3, 0.4) is 0 Å². The normalized spacial score (nSPS) is 10.7. The molecule has 10 nitrogen and oxygen atoms in total. The third-order valence-electron chi connectivity index (χ3n) is 7.56. The fraction of sp³-hybridized carbons (Fsp3) is 0.143. The number of esters is 1. The third kappa shape index (κ3) is 6.51. The average molecular weight is 678 g/mol. The van der Waals surface area contributed by atoms with Gasteiger partial charge in [0.2, 0.25) is 0 Å². The van der Waals surface area contributed by atoms with E-state index in [2.05, 4.69) is 9.97 Å². The number of halogens is 2. The number of aromatic nitrogens is 2. The van der Waals surface area contributed by atoms with Gasteiger partial charge in [0.25, 0.3) is 0 Å². The van der Waals surface area contributed by atoms with Crippen molar-refractivity contribution in [3.05, 3.63) is 94.2 Å². The molecule has 0 amide bonds. The molecule has 0 aliphatic heterocycles. The molecule has 0 radical (unpaired) electrons. The van der Waals surface area contributed by atoms with Gasteiger partial charge in [-0.15, -0.1) is 0 Å². The molecule has 0 fully saturated rings. The molecule has 0 atom stereocenters. The van der Waals surface area contributed by atoms with Crippen molar-refractivity contribution in [2.75, 3.05) is 35.5 Å². The molecule has 6 aromatic rings. The summed E-state index contributed by atoms with van der Waals surface area (Å²) in [5.74, 6) is 1.04. The van der Waals surface area contributed by atoms with Crippen molar-refractivity contribution in [1.82, 2.24) is 9.97 Å². The van der Waals surface area contributed by atoms with Crippen LogP contribution in [0.2, 0.25) is 10.0 Å². The van der Waals surface area contributed by atoms with Crippen molar-refractivity contribution in [2.24, 2.45) is 0 Å². The van der Waals surface area contributed by atoms with Gasteiger partial charge in [0, 0.05) is 45.3 Å². The van der Waals surface area contributed by atoms with Crippen LogP contribution in [0.5, 0.6) is 23.0 Å². The number of fused-ring (bicyclic) bond motifs is 2. The van der Waals surface area contributed by atoms with E-state index >= 15 is 0 Å². The van der Waals surface area contributed by atoms with E-state index in [-0.39, 0.29) is 5.56 Å². The van der Waals surface area contributed by atoms with Gasteiger partial charge in [-0.05, 0) is 59.7 Å². The van der Waals surface area contributed by atoms with Crippen molar-refractivity contribution >= 4 is 56.9 Å². The highest BCUT2D eigenvalue weighted by atomic mass is 35.5. The van der Waals surface area contributed by atoms with E-state index in [0.29, 0.717) is 49.5 Å². The molecule has 2 aromatic heterocycles. The van der Waals surface area contributed by atoms with Crippen LogP contribution in [0.25, 0.3) is 44.1 Å². The molecule has 0 aliphatic carbocycles. The number of benzene rings is 4. The van der Waals surface area contributed by atoms with Crippen LogP contribution in [0.1, 0.15) is 20.7 Å². The number of hydrogen-bond acceptors (Lipinski definition) is 7. The Morgan fingerprint density at radius 2 is 1.02 bits per heavy atom. The van der Waals surface area contributed by atoms with Crippen LogP contribution in [0.15, 0.2) is 73.1 Å². The van der Waals surface area contributed by atoms with Gasteiger partial charge < -0.3 is 38.8 Å². The molecule has 242 valence electrons. The molecule has 47 heavy (non-hydrogen) atoms. The Labute approximate surface area is 279 Å². The zero-order chi connectivity index (χ0) is 33.8. The lowest BCUT2D eigenvalue weighted by Crippen LogP contribution is -1.99. The lowest BCUT2D eigenvalue weighted by Gasteiger charge is -2.11. The predicted octanol–water partition coefficient (Wildman–Crippen LogP) is 8.50. The van der Waals surface area contributed by atoms with Gasteiger partial charge >= 0.3 is 11.9 Å². The molecule has 0 aliphatic rings. The van der Waals surface area contributed by atoms with Crippen molar-refractivity contribution < 1.29 is 38.4 Å². The summed E-state index contributed by atoms with van der Waals surface area (Å²) in [6.07, 6.45) is 3.08. The number of aromatic amines is 2. The molecule has 0 saturated carbocycles. The topological polar surface area (TPSA) is 132 Å². The number of ether oxygens (including phenoxy) is 5. The fourth-order valence-electron chi connectivity index (χ4n) is 5.19. The van der Waals surface area contributed by atoms with Crippen molar-refractivity contribution in [1.29, 1.82) is 0 Å². The Kier molecular flexibility index (Phi) is 9.83. The summed E-state index contributed by atoms with van der Waals surface area (Å²) >= 11 is 12.8. The number of carboxylic acid groups (broad SMARTS) is 1. The van der Waals surface area contributed by atoms with Gasteiger partial charge in [-0.1, -0.05) is 35.3 Å². The number of carboxylic acids is 1. The molecule has 6 rings (SSSR count). The maximum absolute atomic E-state index is 11.9. The van der Waals surface area contributed by atoms with E-state index in [4.69, 9.17) is 46.9 Å². The second-order valence-electron chi connectivity index (χ2n) is 10.1. The second-order valence-corrected chi connectivity index (χ2v) is 10.9. The Hall–Kier alpha value is -5.32. The first-order chi connectivity index (χ1) is 22.6. The van der Waals surface area contributed by atoms with Crippen LogP contribution in [0, 0.1) is 0 Å². The van der Waals surface area contributed by atoms with Gasteiger partial charge in [-0.3, -0.25) is 0 Å². The van der Waals surface area contributed by atoms with Crippen LogP contribution >= 0.6 is 23.2 Å². The minimum atomic E-state index is -0.989. The van der Waals surface area contributed by atoms with E-state index in [0.717, 1.165) is 33.2 Å². The molecular weight excluding hydrogens is 647 g/mol. The summed E-state index contributed by atoms with van der Waals surface area (Å²) in [6, 6.07) is 18.1. The van der Waals surface area contributed by atoms with Gasteiger partial charge in [-0.2, -0.15) is 0 Å². The minimum absolute atomic E-state index is 0.207.